The maximum atomic E-state index is 11.9. The highest BCUT2D eigenvalue weighted by Crippen LogP contribution is 2.06. The molecular formula is C20H28N4O2. The van der Waals surface area contributed by atoms with Gasteiger partial charge >= 0.3 is 0 Å². The number of carbonyl (C=O) groups is 1. The number of carbonyl (C=O) groups excluding carboxylic acids is 1. The Kier molecular flexibility index (Phi) is 7.26. The van der Waals surface area contributed by atoms with Crippen LogP contribution in [0.15, 0.2) is 52.1 Å². The van der Waals surface area contributed by atoms with Gasteiger partial charge in [0.25, 0.3) is 0 Å². The topological polar surface area (TPSA) is 61.1 Å². The first-order valence-corrected chi connectivity index (χ1v) is 8.73. The summed E-state index contributed by atoms with van der Waals surface area (Å²) in [5.41, 5.74) is 2.43. The third-order valence-corrected chi connectivity index (χ3v) is 4.00. The molecule has 2 rings (SSSR count). The maximum Gasteiger partial charge on any atom is 0.243 e. The van der Waals surface area contributed by atoms with Gasteiger partial charge in [0.15, 0.2) is 5.96 Å². The van der Waals surface area contributed by atoms with Crippen LogP contribution in [0.2, 0.25) is 0 Å². The molecule has 1 aromatic heterocycles. The SMILES string of the molecule is Cc1ccc(CN(C)C(=NCC(=O)N(C)C)NCCc2ccco2)cc1. The van der Waals surface area contributed by atoms with Gasteiger partial charge in [-0.2, -0.15) is 0 Å². The molecule has 6 nitrogen and oxygen atoms in total. The van der Waals surface area contributed by atoms with E-state index < -0.39 is 0 Å². The summed E-state index contributed by atoms with van der Waals surface area (Å²) in [6.07, 6.45) is 2.43. The van der Waals surface area contributed by atoms with Gasteiger partial charge in [0, 0.05) is 40.7 Å². The first-order chi connectivity index (χ1) is 12.5. The third-order valence-electron chi connectivity index (χ3n) is 4.00. The lowest BCUT2D eigenvalue weighted by Gasteiger charge is -2.23. The average Bonchev–Trinajstić information content (AvgIpc) is 3.12. The van der Waals surface area contributed by atoms with Gasteiger partial charge in [-0.15, -0.1) is 0 Å². The van der Waals surface area contributed by atoms with Crippen LogP contribution < -0.4 is 5.32 Å². The van der Waals surface area contributed by atoms with Crippen molar-refractivity contribution in [1.29, 1.82) is 0 Å². The Hall–Kier alpha value is -2.76. The monoisotopic (exact) mass is 356 g/mol. The van der Waals surface area contributed by atoms with Gasteiger partial charge in [-0.1, -0.05) is 29.8 Å². The van der Waals surface area contributed by atoms with Crippen LogP contribution in [0.1, 0.15) is 16.9 Å². The molecule has 1 amide bonds. The Bertz CT molecular complexity index is 706. The van der Waals surface area contributed by atoms with E-state index in [0.29, 0.717) is 19.0 Å². The number of rotatable bonds is 7. The van der Waals surface area contributed by atoms with Crippen molar-refractivity contribution < 1.29 is 9.21 Å². The largest absolute Gasteiger partial charge is 0.469 e. The van der Waals surface area contributed by atoms with E-state index in [9.17, 15) is 4.79 Å². The van der Waals surface area contributed by atoms with Crippen LogP contribution >= 0.6 is 0 Å². The molecule has 0 spiro atoms. The summed E-state index contributed by atoms with van der Waals surface area (Å²) in [4.78, 5) is 19.9. The number of nitrogens with zero attached hydrogens (tertiary/aromatic N) is 3. The second kappa shape index (κ2) is 9.65. The molecule has 0 aliphatic rings. The molecule has 6 heteroatoms. The zero-order chi connectivity index (χ0) is 18.9. The Balaban J connectivity index is 2.00. The van der Waals surface area contributed by atoms with Crippen LogP contribution in [0.4, 0.5) is 0 Å². The van der Waals surface area contributed by atoms with E-state index >= 15 is 0 Å². The first-order valence-electron chi connectivity index (χ1n) is 8.73. The van der Waals surface area contributed by atoms with E-state index in [1.165, 1.54) is 11.1 Å². The Labute approximate surface area is 155 Å². The summed E-state index contributed by atoms with van der Waals surface area (Å²) >= 11 is 0. The van der Waals surface area contributed by atoms with Gasteiger partial charge in [0.1, 0.15) is 12.3 Å². The first kappa shape index (κ1) is 19.6. The molecule has 0 saturated heterocycles. The molecule has 0 aliphatic heterocycles. The molecule has 0 unspecified atom stereocenters. The van der Waals surface area contributed by atoms with E-state index in [-0.39, 0.29) is 12.5 Å². The van der Waals surface area contributed by atoms with Crippen LogP contribution in [0, 0.1) is 6.92 Å². The number of likely N-dealkylation sites (N-methyl/N-ethyl adjacent to an activating group) is 1. The van der Waals surface area contributed by atoms with Gasteiger partial charge < -0.3 is 19.5 Å². The minimum absolute atomic E-state index is 0.0286. The summed E-state index contributed by atoms with van der Waals surface area (Å²) in [7, 11) is 5.44. The van der Waals surface area contributed by atoms with Crippen LogP contribution in [0.5, 0.6) is 0 Å². The molecule has 2 aromatic rings. The predicted octanol–water partition coefficient (Wildman–Crippen LogP) is 2.30. The van der Waals surface area contributed by atoms with Crippen molar-refractivity contribution >= 4 is 11.9 Å². The summed E-state index contributed by atoms with van der Waals surface area (Å²) in [6, 6.07) is 12.2. The van der Waals surface area contributed by atoms with E-state index in [0.717, 1.165) is 12.2 Å². The number of amides is 1. The van der Waals surface area contributed by atoms with Gasteiger partial charge in [-0.25, -0.2) is 4.99 Å². The van der Waals surface area contributed by atoms with E-state index in [1.807, 2.05) is 24.1 Å². The minimum atomic E-state index is -0.0286. The zero-order valence-electron chi connectivity index (χ0n) is 16.0. The van der Waals surface area contributed by atoms with Crippen molar-refractivity contribution in [3.8, 4) is 0 Å². The van der Waals surface area contributed by atoms with Crippen molar-refractivity contribution in [2.45, 2.75) is 19.9 Å². The van der Waals surface area contributed by atoms with Crippen LogP contribution in [-0.2, 0) is 17.8 Å². The smallest absolute Gasteiger partial charge is 0.243 e. The summed E-state index contributed by atoms with van der Waals surface area (Å²) < 4.78 is 5.36. The standard InChI is InChI=1S/C20H28N4O2/c1-16-7-9-17(10-8-16)15-24(4)20(22-14-19(25)23(2)3)21-12-11-18-6-5-13-26-18/h5-10,13H,11-12,14-15H2,1-4H3,(H,21,22). The molecule has 1 aromatic carbocycles. The third kappa shape index (κ3) is 6.27. The van der Waals surface area contributed by atoms with Crippen LogP contribution in [0.3, 0.4) is 0 Å². The fraction of sp³-hybridized carbons (Fsp3) is 0.400. The molecule has 0 fully saturated rings. The lowest BCUT2D eigenvalue weighted by molar-refractivity contribution is -0.127. The number of guanidine groups is 1. The lowest BCUT2D eigenvalue weighted by atomic mass is 10.1. The average molecular weight is 356 g/mol. The van der Waals surface area contributed by atoms with Gasteiger partial charge in [0.05, 0.1) is 6.26 Å². The molecule has 0 bridgehead atoms. The van der Waals surface area contributed by atoms with Crippen LogP contribution in [-0.4, -0.2) is 55.9 Å². The van der Waals surface area contributed by atoms with Gasteiger partial charge in [-0.05, 0) is 24.6 Å². The summed E-state index contributed by atoms with van der Waals surface area (Å²) in [5.74, 6) is 1.59. The summed E-state index contributed by atoms with van der Waals surface area (Å²) in [6.45, 7) is 3.58. The Morgan fingerprint density at radius 3 is 2.50 bits per heavy atom. The van der Waals surface area contributed by atoms with Crippen molar-refractivity contribution in [2.75, 3.05) is 34.2 Å². The van der Waals surface area contributed by atoms with E-state index in [1.54, 1.807) is 25.3 Å². The number of aryl methyl sites for hydroxylation is 1. The van der Waals surface area contributed by atoms with Crippen molar-refractivity contribution in [3.05, 3.63) is 59.5 Å². The molecule has 0 aliphatic carbocycles. The molecule has 0 atom stereocenters. The highest BCUT2D eigenvalue weighted by molar-refractivity contribution is 5.84. The minimum Gasteiger partial charge on any atom is -0.469 e. The number of aliphatic imine (C=N–C) groups is 1. The fourth-order valence-corrected chi connectivity index (χ4v) is 2.39. The van der Waals surface area contributed by atoms with E-state index in [4.69, 9.17) is 4.42 Å². The Morgan fingerprint density at radius 2 is 1.88 bits per heavy atom. The number of benzene rings is 1. The second-order valence-corrected chi connectivity index (χ2v) is 6.53. The molecule has 1 heterocycles. The number of hydrogen-bond donors (Lipinski definition) is 1. The lowest BCUT2D eigenvalue weighted by Crippen LogP contribution is -2.40. The number of nitrogens with one attached hydrogen (secondary N) is 1. The Morgan fingerprint density at radius 1 is 1.15 bits per heavy atom. The van der Waals surface area contributed by atoms with Crippen molar-refractivity contribution in [2.24, 2.45) is 4.99 Å². The molecule has 0 radical (unpaired) electrons. The maximum absolute atomic E-state index is 11.9. The van der Waals surface area contributed by atoms with Crippen molar-refractivity contribution in [3.63, 3.8) is 0 Å². The van der Waals surface area contributed by atoms with Crippen molar-refractivity contribution in [1.82, 2.24) is 15.1 Å². The number of furan rings is 1. The molecular weight excluding hydrogens is 328 g/mol. The van der Waals surface area contributed by atoms with Crippen LogP contribution in [0.25, 0.3) is 0 Å². The second-order valence-electron chi connectivity index (χ2n) is 6.53. The predicted molar refractivity (Wildman–Crippen MR) is 104 cm³/mol. The number of hydrogen-bond acceptors (Lipinski definition) is 3. The van der Waals surface area contributed by atoms with E-state index in [2.05, 4.69) is 41.5 Å². The molecule has 1 N–H and O–H groups in total. The quantitative estimate of drug-likeness (QED) is 0.611. The highest BCUT2D eigenvalue weighted by Gasteiger charge is 2.10. The molecule has 0 saturated carbocycles. The van der Waals surface area contributed by atoms with Gasteiger partial charge in [-0.3, -0.25) is 4.79 Å². The normalized spacial score (nSPS) is 11.3. The highest BCUT2D eigenvalue weighted by atomic mass is 16.3. The fourth-order valence-electron chi connectivity index (χ4n) is 2.39. The van der Waals surface area contributed by atoms with Gasteiger partial charge in [0.2, 0.25) is 5.91 Å². The molecule has 26 heavy (non-hydrogen) atoms. The zero-order valence-corrected chi connectivity index (χ0v) is 16.0. The summed E-state index contributed by atoms with van der Waals surface area (Å²) in [5, 5.41) is 3.33. The molecule has 140 valence electrons.